The Kier molecular flexibility index (Phi) is 5.34. The summed E-state index contributed by atoms with van der Waals surface area (Å²) < 4.78 is 5.81. The highest BCUT2D eigenvalue weighted by Crippen LogP contribution is 2.34. The van der Waals surface area contributed by atoms with E-state index in [9.17, 15) is 9.59 Å². The zero-order valence-electron chi connectivity index (χ0n) is 15.2. The van der Waals surface area contributed by atoms with Gasteiger partial charge in [-0.25, -0.2) is 9.78 Å². The van der Waals surface area contributed by atoms with E-state index in [0.717, 1.165) is 25.1 Å². The summed E-state index contributed by atoms with van der Waals surface area (Å²) in [5, 5.41) is 10.2. The summed E-state index contributed by atoms with van der Waals surface area (Å²) in [6.07, 6.45) is 4.70. The van der Waals surface area contributed by atoms with E-state index in [1.807, 2.05) is 0 Å². The first-order valence-corrected chi connectivity index (χ1v) is 9.79. The van der Waals surface area contributed by atoms with Gasteiger partial charge in [0.05, 0.1) is 22.3 Å². The summed E-state index contributed by atoms with van der Waals surface area (Å²) >= 11 is 12.6. The average molecular weight is 434 g/mol. The van der Waals surface area contributed by atoms with Crippen molar-refractivity contribution in [2.24, 2.45) is 0 Å². The number of hydrogen-bond donors (Lipinski definition) is 2. The number of ether oxygens (including phenoxy) is 1. The van der Waals surface area contributed by atoms with Gasteiger partial charge >= 0.3 is 5.97 Å². The van der Waals surface area contributed by atoms with Gasteiger partial charge in [0, 0.05) is 24.3 Å². The summed E-state index contributed by atoms with van der Waals surface area (Å²) in [6, 6.07) is 6.81. The molecule has 2 N–H and O–H groups in total. The number of fused-ring (bicyclic) bond motifs is 1. The van der Waals surface area contributed by atoms with Crippen molar-refractivity contribution in [1.82, 2.24) is 9.97 Å². The monoisotopic (exact) mass is 433 g/mol. The third kappa shape index (κ3) is 3.75. The number of aromatic carboxylic acids is 1. The van der Waals surface area contributed by atoms with Crippen molar-refractivity contribution in [3.05, 3.63) is 62.5 Å². The lowest BCUT2D eigenvalue weighted by Gasteiger charge is -2.28. The van der Waals surface area contributed by atoms with Crippen LogP contribution in [-0.4, -0.2) is 40.2 Å². The summed E-state index contributed by atoms with van der Waals surface area (Å²) in [5.41, 5.74) is 0.404. The van der Waals surface area contributed by atoms with Gasteiger partial charge in [-0.05, 0) is 37.1 Å². The van der Waals surface area contributed by atoms with E-state index in [4.69, 9.17) is 33.0 Å². The number of hydrogen-bond acceptors (Lipinski definition) is 5. The predicted molar refractivity (Wildman–Crippen MR) is 112 cm³/mol. The summed E-state index contributed by atoms with van der Waals surface area (Å²) in [4.78, 5) is 32.7. The molecule has 1 fully saturated rings. The van der Waals surface area contributed by atoms with E-state index < -0.39 is 11.4 Å². The van der Waals surface area contributed by atoms with Crippen LogP contribution in [0.3, 0.4) is 0 Å². The number of carbonyl (C=O) groups is 1. The Morgan fingerprint density at radius 1 is 1.34 bits per heavy atom. The number of carboxylic acid groups (broad SMARTS) is 1. The Labute approximate surface area is 175 Å². The number of carboxylic acids is 1. The summed E-state index contributed by atoms with van der Waals surface area (Å²) in [5.74, 6) is -0.894. The van der Waals surface area contributed by atoms with Crippen LogP contribution >= 0.6 is 23.2 Å². The fourth-order valence-electron chi connectivity index (χ4n) is 3.59. The number of pyridine rings is 2. The molecule has 4 rings (SSSR count). The molecule has 150 valence electrons. The number of H-pyrrole nitrogens is 1. The van der Waals surface area contributed by atoms with E-state index in [2.05, 4.69) is 14.9 Å². The first-order valence-electron chi connectivity index (χ1n) is 9.04. The fourth-order valence-corrected chi connectivity index (χ4v) is 4.04. The van der Waals surface area contributed by atoms with Crippen molar-refractivity contribution in [2.45, 2.75) is 18.9 Å². The number of benzene rings is 1. The molecule has 0 bridgehead atoms. The molecule has 3 aromatic rings. The van der Waals surface area contributed by atoms with Gasteiger partial charge in [-0.3, -0.25) is 4.79 Å². The zero-order valence-corrected chi connectivity index (χ0v) is 16.7. The average Bonchev–Trinajstić information content (AvgIpc) is 3.16. The Balaban J connectivity index is 1.63. The SMILES string of the molecule is O=C(O)c1c[nH]c2cc(N3CCC[C@@H]3COc3ncccc3Cl)c(Cl)cc2c1=O. The molecule has 1 aromatic carbocycles. The highest BCUT2D eigenvalue weighted by Gasteiger charge is 2.28. The maximum Gasteiger partial charge on any atom is 0.341 e. The lowest BCUT2D eigenvalue weighted by atomic mass is 10.1. The second-order valence-electron chi connectivity index (χ2n) is 6.78. The molecule has 7 nitrogen and oxygen atoms in total. The molecule has 0 radical (unpaired) electrons. The Morgan fingerprint density at radius 3 is 2.93 bits per heavy atom. The van der Waals surface area contributed by atoms with Gasteiger partial charge < -0.3 is 19.7 Å². The smallest absolute Gasteiger partial charge is 0.341 e. The van der Waals surface area contributed by atoms with Crippen molar-refractivity contribution < 1.29 is 14.6 Å². The largest absolute Gasteiger partial charge is 0.477 e. The van der Waals surface area contributed by atoms with Gasteiger partial charge in [-0.2, -0.15) is 0 Å². The summed E-state index contributed by atoms with van der Waals surface area (Å²) in [6.45, 7) is 1.17. The third-order valence-corrected chi connectivity index (χ3v) is 5.59. The minimum absolute atomic E-state index is 0.0630. The number of nitrogens with one attached hydrogen (secondary N) is 1. The first kappa shape index (κ1) is 19.5. The maximum absolute atomic E-state index is 12.4. The predicted octanol–water partition coefficient (Wildman–Crippen LogP) is 3.98. The van der Waals surface area contributed by atoms with Crippen molar-refractivity contribution >= 4 is 45.8 Å². The van der Waals surface area contributed by atoms with Crippen LogP contribution in [0.5, 0.6) is 5.88 Å². The molecule has 1 saturated heterocycles. The molecular formula is C20H17Cl2N3O4. The highest BCUT2D eigenvalue weighted by atomic mass is 35.5. The minimum Gasteiger partial charge on any atom is -0.477 e. The van der Waals surface area contributed by atoms with E-state index in [0.29, 0.717) is 28.0 Å². The Bertz CT molecular complexity index is 1150. The van der Waals surface area contributed by atoms with Crippen molar-refractivity contribution in [3.63, 3.8) is 0 Å². The molecule has 3 heterocycles. The number of aromatic amines is 1. The lowest BCUT2D eigenvalue weighted by Crippen LogP contribution is -2.34. The lowest BCUT2D eigenvalue weighted by molar-refractivity contribution is 0.0695. The van der Waals surface area contributed by atoms with Crippen molar-refractivity contribution in [2.75, 3.05) is 18.1 Å². The van der Waals surface area contributed by atoms with Crippen LogP contribution in [0.4, 0.5) is 5.69 Å². The molecular weight excluding hydrogens is 417 g/mol. The molecule has 1 aliphatic heterocycles. The number of nitrogens with zero attached hydrogens (tertiary/aromatic N) is 2. The van der Waals surface area contributed by atoms with Crippen LogP contribution < -0.4 is 15.1 Å². The second kappa shape index (κ2) is 7.93. The molecule has 0 spiro atoms. The normalized spacial score (nSPS) is 16.3. The van der Waals surface area contributed by atoms with Crippen LogP contribution in [0.2, 0.25) is 10.0 Å². The number of halogens is 2. The van der Waals surface area contributed by atoms with Gasteiger partial charge in [0.2, 0.25) is 11.3 Å². The maximum atomic E-state index is 12.4. The molecule has 0 amide bonds. The molecule has 9 heteroatoms. The summed E-state index contributed by atoms with van der Waals surface area (Å²) in [7, 11) is 0. The van der Waals surface area contributed by atoms with E-state index in [1.54, 1.807) is 24.4 Å². The van der Waals surface area contributed by atoms with Gasteiger partial charge in [-0.15, -0.1) is 0 Å². The number of anilines is 1. The van der Waals surface area contributed by atoms with Crippen LogP contribution in [0.1, 0.15) is 23.2 Å². The van der Waals surface area contributed by atoms with Crippen LogP contribution in [0.25, 0.3) is 10.9 Å². The Morgan fingerprint density at radius 2 is 2.17 bits per heavy atom. The second-order valence-corrected chi connectivity index (χ2v) is 7.59. The van der Waals surface area contributed by atoms with Crippen molar-refractivity contribution in [1.29, 1.82) is 0 Å². The van der Waals surface area contributed by atoms with E-state index in [-0.39, 0.29) is 17.0 Å². The van der Waals surface area contributed by atoms with Crippen molar-refractivity contribution in [3.8, 4) is 5.88 Å². The Hall–Kier alpha value is -2.77. The van der Waals surface area contributed by atoms with Gasteiger partial charge in [-0.1, -0.05) is 23.2 Å². The van der Waals surface area contributed by atoms with Crippen LogP contribution in [-0.2, 0) is 0 Å². The van der Waals surface area contributed by atoms with E-state index in [1.165, 1.54) is 12.3 Å². The van der Waals surface area contributed by atoms with E-state index >= 15 is 0 Å². The first-order chi connectivity index (χ1) is 14.0. The topological polar surface area (TPSA) is 95.5 Å². The standard InChI is InChI=1S/C20H17Cl2N3O4/c21-14-4-1-5-23-19(14)29-10-11-3-2-6-25(11)17-8-16-12(7-15(17)22)18(26)13(9-24-16)20(27)28/h1,4-5,7-9,11H,2-3,6,10H2,(H,24,26)(H,27,28)/t11-/m1/s1. The molecule has 0 unspecified atom stereocenters. The number of rotatable bonds is 5. The number of aromatic nitrogens is 2. The third-order valence-electron chi connectivity index (χ3n) is 5.00. The quantitative estimate of drug-likeness (QED) is 0.631. The van der Waals surface area contributed by atoms with Crippen LogP contribution in [0.15, 0.2) is 41.5 Å². The molecule has 1 aliphatic rings. The van der Waals surface area contributed by atoms with Gasteiger partial charge in [0.15, 0.2) is 0 Å². The minimum atomic E-state index is -1.28. The van der Waals surface area contributed by atoms with Gasteiger partial charge in [0.25, 0.3) is 0 Å². The highest BCUT2D eigenvalue weighted by molar-refractivity contribution is 6.34. The molecule has 2 aromatic heterocycles. The van der Waals surface area contributed by atoms with Gasteiger partial charge in [0.1, 0.15) is 17.2 Å². The zero-order chi connectivity index (χ0) is 20.5. The van der Waals surface area contributed by atoms with Crippen LogP contribution in [0, 0.1) is 0 Å². The fraction of sp³-hybridized carbons (Fsp3) is 0.250. The molecule has 0 aliphatic carbocycles. The molecule has 0 saturated carbocycles. The molecule has 29 heavy (non-hydrogen) atoms. The molecule has 1 atom stereocenters.